The van der Waals surface area contributed by atoms with Crippen LogP contribution in [0.1, 0.15) is 0 Å². The van der Waals surface area contributed by atoms with E-state index in [9.17, 15) is 0 Å². The molecule has 8 aromatic carbocycles. The number of para-hydroxylation sites is 3. The summed E-state index contributed by atoms with van der Waals surface area (Å²) in [6.07, 6.45) is 1.94. The molecule has 0 unspecified atom stereocenters. The van der Waals surface area contributed by atoms with Gasteiger partial charge in [-0.15, -0.1) is 0 Å². The number of nitrogens with zero attached hydrogens (tertiary/aromatic N) is 3. The standard InChI is InChI=1S/C50H37N3/c1-3-47(43-27-15-13-18-36(43)2)51(38-21-7-4-8-22-38)41-30-32-45-46-33-31-42(35-50(46)53(49(45)34-41)40-25-11-6-12-26-40)52(39-23-9-5-10-24-39)48-29-17-20-37-19-14-16-28-44(37)48/h3-35H,1-2H2/b47-43+. The van der Waals surface area contributed by atoms with Crippen molar-refractivity contribution in [2.24, 2.45) is 0 Å². The SMILES string of the molecule is C=C/C(=c1/ccccc1=C)N(c1ccccc1)c1ccc2c3ccc(N(c4ccccc4)c4cccc5ccccc45)cc3n(-c3ccccc3)c2c1. The van der Waals surface area contributed by atoms with Gasteiger partial charge < -0.3 is 14.4 Å². The minimum Gasteiger partial charge on any atom is -0.310 e. The summed E-state index contributed by atoms with van der Waals surface area (Å²) in [6, 6.07) is 68.9. The molecule has 0 atom stereocenters. The molecule has 0 aliphatic carbocycles. The van der Waals surface area contributed by atoms with Crippen LogP contribution in [0, 0.1) is 0 Å². The van der Waals surface area contributed by atoms with Crippen molar-refractivity contribution in [3.05, 3.63) is 217 Å². The minimum absolute atomic E-state index is 0.949. The molecule has 0 saturated heterocycles. The lowest BCUT2D eigenvalue weighted by atomic mass is 10.1. The molecule has 0 aliphatic heterocycles. The van der Waals surface area contributed by atoms with Crippen LogP contribution >= 0.6 is 0 Å². The fourth-order valence-electron chi connectivity index (χ4n) is 7.63. The first-order valence-corrected chi connectivity index (χ1v) is 17.9. The maximum absolute atomic E-state index is 4.37. The number of hydrogen-bond donors (Lipinski definition) is 0. The number of fused-ring (bicyclic) bond motifs is 4. The predicted molar refractivity (Wildman–Crippen MR) is 226 cm³/mol. The lowest BCUT2D eigenvalue weighted by molar-refractivity contribution is 1.17. The summed E-state index contributed by atoms with van der Waals surface area (Å²) in [7, 11) is 0. The third-order valence-corrected chi connectivity index (χ3v) is 10.0. The van der Waals surface area contributed by atoms with Crippen molar-refractivity contribution >= 4 is 73.3 Å². The van der Waals surface area contributed by atoms with Crippen LogP contribution in [0.3, 0.4) is 0 Å². The monoisotopic (exact) mass is 679 g/mol. The van der Waals surface area contributed by atoms with Gasteiger partial charge in [-0.3, -0.25) is 0 Å². The van der Waals surface area contributed by atoms with E-state index in [0.717, 1.165) is 61.3 Å². The fraction of sp³-hybridized carbons (Fsp3) is 0. The van der Waals surface area contributed by atoms with Gasteiger partial charge in [-0.25, -0.2) is 0 Å². The Morgan fingerprint density at radius 2 is 1.04 bits per heavy atom. The van der Waals surface area contributed by atoms with Crippen LogP contribution in [0.5, 0.6) is 0 Å². The first-order chi connectivity index (χ1) is 26.2. The number of aromatic nitrogens is 1. The zero-order valence-corrected chi connectivity index (χ0v) is 29.3. The highest BCUT2D eigenvalue weighted by atomic mass is 15.2. The molecule has 3 heteroatoms. The Bertz CT molecular complexity index is 2870. The molecule has 9 rings (SSSR count). The van der Waals surface area contributed by atoms with Crippen LogP contribution in [0.4, 0.5) is 28.4 Å². The molecule has 0 bridgehead atoms. The molecule has 9 aromatic rings. The molecule has 0 saturated carbocycles. The summed E-state index contributed by atoms with van der Waals surface area (Å²) in [5.41, 5.74) is 9.71. The molecule has 0 N–H and O–H groups in total. The lowest BCUT2D eigenvalue weighted by Gasteiger charge is -2.27. The second kappa shape index (κ2) is 13.6. The number of hydrogen-bond acceptors (Lipinski definition) is 2. The van der Waals surface area contributed by atoms with E-state index in [0.29, 0.717) is 0 Å². The maximum atomic E-state index is 4.37. The van der Waals surface area contributed by atoms with E-state index < -0.39 is 0 Å². The molecule has 1 heterocycles. The first-order valence-electron chi connectivity index (χ1n) is 17.9. The Morgan fingerprint density at radius 3 is 1.74 bits per heavy atom. The minimum atomic E-state index is 0.949. The van der Waals surface area contributed by atoms with Gasteiger partial charge in [0, 0.05) is 49.8 Å². The topological polar surface area (TPSA) is 11.4 Å². The van der Waals surface area contributed by atoms with Gasteiger partial charge >= 0.3 is 0 Å². The molecule has 0 spiro atoms. The van der Waals surface area contributed by atoms with Gasteiger partial charge in [-0.1, -0.05) is 141 Å². The van der Waals surface area contributed by atoms with E-state index in [1.807, 2.05) is 18.2 Å². The van der Waals surface area contributed by atoms with Gasteiger partial charge in [0.2, 0.25) is 0 Å². The van der Waals surface area contributed by atoms with Crippen LogP contribution < -0.4 is 20.2 Å². The van der Waals surface area contributed by atoms with Crippen molar-refractivity contribution in [2.45, 2.75) is 0 Å². The Kier molecular flexibility index (Phi) is 8.15. The number of benzene rings is 8. The third-order valence-electron chi connectivity index (χ3n) is 10.0. The quantitative estimate of drug-likeness (QED) is 0.158. The average Bonchev–Trinajstić information content (AvgIpc) is 3.54. The van der Waals surface area contributed by atoms with Crippen LogP contribution in [-0.4, -0.2) is 4.57 Å². The van der Waals surface area contributed by atoms with Crippen molar-refractivity contribution in [1.29, 1.82) is 0 Å². The molecular formula is C50H37N3. The first kappa shape index (κ1) is 31.9. The fourth-order valence-corrected chi connectivity index (χ4v) is 7.63. The second-order valence-electron chi connectivity index (χ2n) is 13.2. The number of rotatable bonds is 8. The normalized spacial score (nSPS) is 11.8. The molecule has 0 amide bonds. The Morgan fingerprint density at radius 1 is 0.472 bits per heavy atom. The largest absolute Gasteiger partial charge is 0.310 e. The Labute approximate surface area is 309 Å². The van der Waals surface area contributed by atoms with Crippen LogP contribution in [0.2, 0.25) is 0 Å². The van der Waals surface area contributed by atoms with Gasteiger partial charge in [0.25, 0.3) is 0 Å². The van der Waals surface area contributed by atoms with Crippen molar-refractivity contribution in [1.82, 2.24) is 4.57 Å². The molecule has 252 valence electrons. The highest BCUT2D eigenvalue weighted by Crippen LogP contribution is 2.43. The smallest absolute Gasteiger partial charge is 0.0561 e. The highest BCUT2D eigenvalue weighted by Gasteiger charge is 2.21. The van der Waals surface area contributed by atoms with Gasteiger partial charge in [0.05, 0.1) is 22.4 Å². The van der Waals surface area contributed by atoms with Crippen LogP contribution in [-0.2, 0) is 0 Å². The van der Waals surface area contributed by atoms with E-state index in [4.69, 9.17) is 0 Å². The Balaban J connectivity index is 1.32. The lowest BCUT2D eigenvalue weighted by Crippen LogP contribution is -2.31. The third kappa shape index (κ3) is 5.65. The molecular weight excluding hydrogens is 643 g/mol. The zero-order valence-electron chi connectivity index (χ0n) is 29.3. The maximum Gasteiger partial charge on any atom is 0.0561 e. The van der Waals surface area contributed by atoms with Gasteiger partial charge in [-0.2, -0.15) is 0 Å². The zero-order chi connectivity index (χ0) is 35.7. The molecule has 0 aliphatic rings. The summed E-state index contributed by atoms with van der Waals surface area (Å²) >= 11 is 0. The van der Waals surface area contributed by atoms with E-state index in [2.05, 4.69) is 210 Å². The molecule has 1 aromatic heterocycles. The van der Waals surface area contributed by atoms with Gasteiger partial charge in [0.1, 0.15) is 0 Å². The van der Waals surface area contributed by atoms with Crippen molar-refractivity contribution in [3.8, 4) is 5.69 Å². The van der Waals surface area contributed by atoms with Crippen molar-refractivity contribution in [2.75, 3.05) is 9.80 Å². The predicted octanol–water partition coefficient (Wildman–Crippen LogP) is 11.9. The van der Waals surface area contributed by atoms with Crippen molar-refractivity contribution in [3.63, 3.8) is 0 Å². The van der Waals surface area contributed by atoms with E-state index >= 15 is 0 Å². The van der Waals surface area contributed by atoms with Crippen molar-refractivity contribution < 1.29 is 0 Å². The number of anilines is 5. The van der Waals surface area contributed by atoms with E-state index in [-0.39, 0.29) is 0 Å². The summed E-state index contributed by atoms with van der Waals surface area (Å²) in [5, 5.41) is 6.76. The summed E-state index contributed by atoms with van der Waals surface area (Å²) in [6.45, 7) is 8.66. The van der Waals surface area contributed by atoms with Gasteiger partial charge in [0.15, 0.2) is 0 Å². The molecule has 0 fully saturated rings. The van der Waals surface area contributed by atoms with Crippen LogP contribution in [0.25, 0.3) is 50.5 Å². The van der Waals surface area contributed by atoms with Crippen LogP contribution in [0.15, 0.2) is 207 Å². The molecule has 3 nitrogen and oxygen atoms in total. The van der Waals surface area contributed by atoms with E-state index in [1.54, 1.807) is 0 Å². The summed E-state index contributed by atoms with van der Waals surface area (Å²) in [4.78, 5) is 4.66. The molecule has 53 heavy (non-hydrogen) atoms. The van der Waals surface area contributed by atoms with E-state index in [1.165, 1.54) is 21.5 Å². The molecule has 0 radical (unpaired) electrons. The average molecular weight is 680 g/mol. The highest BCUT2D eigenvalue weighted by molar-refractivity contribution is 6.12. The van der Waals surface area contributed by atoms with Gasteiger partial charge in [-0.05, 0) is 83.4 Å². The summed E-state index contributed by atoms with van der Waals surface area (Å²) in [5.74, 6) is 0. The Hall–Kier alpha value is -7.10. The second-order valence-corrected chi connectivity index (χ2v) is 13.2. The summed E-state index contributed by atoms with van der Waals surface area (Å²) < 4.78 is 2.40.